The molecule has 1 aliphatic carbocycles. The Hall–Kier alpha value is -2.52. The summed E-state index contributed by atoms with van der Waals surface area (Å²) in [5, 5.41) is 3.60. The van der Waals surface area contributed by atoms with Crippen LogP contribution in [0.5, 0.6) is 0 Å². The standard InChI is InChI=1S/C20H25N5O3S/c1-2-28-19(27)17-14-5-3-6-15(14)29-18(17)23-16(26)13-24-9-11-25(12-10-24)20-21-7-4-8-22-20/h4,7-8H,2-3,5-6,9-13H2,1H3,(H,23,26). The summed E-state index contributed by atoms with van der Waals surface area (Å²) < 4.78 is 5.23. The third-order valence-electron chi connectivity index (χ3n) is 5.23. The molecule has 0 spiro atoms. The predicted octanol–water partition coefficient (Wildman–Crippen LogP) is 1.96. The fourth-order valence-electron chi connectivity index (χ4n) is 3.84. The van der Waals surface area contributed by atoms with Crippen LogP contribution in [0.4, 0.5) is 10.9 Å². The van der Waals surface area contributed by atoms with Crippen molar-refractivity contribution in [1.82, 2.24) is 14.9 Å². The normalized spacial score (nSPS) is 16.5. The molecule has 1 N–H and O–H groups in total. The zero-order valence-corrected chi connectivity index (χ0v) is 17.3. The molecule has 29 heavy (non-hydrogen) atoms. The highest BCUT2D eigenvalue weighted by Gasteiger charge is 2.29. The van der Waals surface area contributed by atoms with Gasteiger partial charge in [-0.3, -0.25) is 9.69 Å². The van der Waals surface area contributed by atoms with Gasteiger partial charge < -0.3 is 15.0 Å². The van der Waals surface area contributed by atoms with E-state index in [2.05, 4.69) is 25.1 Å². The largest absolute Gasteiger partial charge is 0.462 e. The summed E-state index contributed by atoms with van der Waals surface area (Å²) >= 11 is 1.51. The SMILES string of the molecule is CCOC(=O)c1c(NC(=O)CN2CCN(c3ncccn3)CC2)sc2c1CCC2. The van der Waals surface area contributed by atoms with Crippen LogP contribution in [-0.2, 0) is 22.4 Å². The molecule has 0 saturated carbocycles. The minimum absolute atomic E-state index is 0.0973. The Balaban J connectivity index is 1.35. The highest BCUT2D eigenvalue weighted by Crippen LogP contribution is 2.39. The molecule has 1 aliphatic heterocycles. The smallest absolute Gasteiger partial charge is 0.341 e. The van der Waals surface area contributed by atoms with Crippen molar-refractivity contribution in [1.29, 1.82) is 0 Å². The van der Waals surface area contributed by atoms with Crippen LogP contribution in [0.15, 0.2) is 18.5 Å². The number of thiophene rings is 1. The molecule has 2 aromatic heterocycles. The first-order valence-corrected chi connectivity index (χ1v) is 10.8. The molecular weight excluding hydrogens is 390 g/mol. The maximum Gasteiger partial charge on any atom is 0.341 e. The van der Waals surface area contributed by atoms with Gasteiger partial charge in [0, 0.05) is 43.4 Å². The van der Waals surface area contributed by atoms with E-state index in [4.69, 9.17) is 4.74 Å². The molecule has 0 radical (unpaired) electrons. The van der Waals surface area contributed by atoms with Crippen molar-refractivity contribution in [3.63, 3.8) is 0 Å². The lowest BCUT2D eigenvalue weighted by atomic mass is 10.1. The van der Waals surface area contributed by atoms with Crippen LogP contribution in [0.1, 0.15) is 34.1 Å². The van der Waals surface area contributed by atoms with Crippen LogP contribution >= 0.6 is 11.3 Å². The summed E-state index contributed by atoms with van der Waals surface area (Å²) in [6.45, 7) is 5.50. The number of anilines is 2. The molecule has 1 fully saturated rings. The fraction of sp³-hybridized carbons (Fsp3) is 0.500. The Morgan fingerprint density at radius 3 is 2.66 bits per heavy atom. The average Bonchev–Trinajstić information content (AvgIpc) is 3.30. The molecule has 4 rings (SSSR count). The monoisotopic (exact) mass is 415 g/mol. The molecule has 3 heterocycles. The van der Waals surface area contributed by atoms with E-state index in [1.165, 1.54) is 16.2 Å². The summed E-state index contributed by atoms with van der Waals surface area (Å²) in [5.41, 5.74) is 1.61. The molecule has 8 nitrogen and oxygen atoms in total. The maximum absolute atomic E-state index is 12.7. The maximum atomic E-state index is 12.7. The van der Waals surface area contributed by atoms with E-state index in [9.17, 15) is 9.59 Å². The first kappa shape index (κ1) is 19.8. The van der Waals surface area contributed by atoms with E-state index < -0.39 is 0 Å². The summed E-state index contributed by atoms with van der Waals surface area (Å²) in [7, 11) is 0. The molecule has 2 aliphatic rings. The van der Waals surface area contributed by atoms with Crippen LogP contribution in [0.25, 0.3) is 0 Å². The van der Waals surface area contributed by atoms with E-state index in [0.717, 1.165) is 57.0 Å². The van der Waals surface area contributed by atoms with Gasteiger partial charge in [0.2, 0.25) is 11.9 Å². The van der Waals surface area contributed by atoms with Crippen molar-refractivity contribution in [3.8, 4) is 0 Å². The minimum Gasteiger partial charge on any atom is -0.462 e. The second-order valence-electron chi connectivity index (χ2n) is 7.14. The van der Waals surface area contributed by atoms with Crippen LogP contribution in [0.3, 0.4) is 0 Å². The first-order chi connectivity index (χ1) is 14.2. The topological polar surface area (TPSA) is 87.7 Å². The van der Waals surface area contributed by atoms with Gasteiger partial charge in [-0.1, -0.05) is 0 Å². The van der Waals surface area contributed by atoms with Crippen molar-refractivity contribution < 1.29 is 14.3 Å². The number of aryl methyl sites for hydroxylation is 1. The Bertz CT molecular complexity index is 878. The van der Waals surface area contributed by atoms with Gasteiger partial charge in [-0.2, -0.15) is 0 Å². The van der Waals surface area contributed by atoms with Crippen LogP contribution < -0.4 is 10.2 Å². The average molecular weight is 416 g/mol. The molecule has 0 bridgehead atoms. The number of ether oxygens (including phenoxy) is 1. The lowest BCUT2D eigenvalue weighted by Gasteiger charge is -2.34. The number of esters is 1. The molecule has 1 amide bonds. The lowest BCUT2D eigenvalue weighted by Crippen LogP contribution is -2.49. The lowest BCUT2D eigenvalue weighted by molar-refractivity contribution is -0.117. The van der Waals surface area contributed by atoms with Gasteiger partial charge in [-0.15, -0.1) is 11.3 Å². The zero-order valence-electron chi connectivity index (χ0n) is 16.5. The number of nitrogens with one attached hydrogen (secondary N) is 1. The van der Waals surface area contributed by atoms with Gasteiger partial charge in [0.05, 0.1) is 18.7 Å². The third-order valence-corrected chi connectivity index (χ3v) is 6.44. The number of hydrogen-bond donors (Lipinski definition) is 1. The molecule has 0 atom stereocenters. The summed E-state index contributed by atoms with van der Waals surface area (Å²) in [4.78, 5) is 39.1. The van der Waals surface area contributed by atoms with Crippen molar-refractivity contribution in [2.75, 3.05) is 49.5 Å². The summed E-state index contributed by atoms with van der Waals surface area (Å²) in [6.07, 6.45) is 6.37. The number of hydrogen-bond acceptors (Lipinski definition) is 8. The van der Waals surface area contributed by atoms with Gasteiger partial charge in [-0.05, 0) is 37.8 Å². The summed E-state index contributed by atoms with van der Waals surface area (Å²) in [6, 6.07) is 1.80. The molecule has 0 aromatic carbocycles. The zero-order chi connectivity index (χ0) is 20.2. The number of nitrogens with zero attached hydrogens (tertiary/aromatic N) is 4. The number of carbonyl (C=O) groups excluding carboxylic acids is 2. The van der Waals surface area contributed by atoms with Crippen LogP contribution in [-0.4, -0.2) is 66.1 Å². The van der Waals surface area contributed by atoms with Crippen molar-refractivity contribution in [2.24, 2.45) is 0 Å². The van der Waals surface area contributed by atoms with Crippen molar-refractivity contribution in [3.05, 3.63) is 34.5 Å². The van der Waals surface area contributed by atoms with Crippen molar-refractivity contribution in [2.45, 2.75) is 26.2 Å². The van der Waals surface area contributed by atoms with E-state index in [1.807, 2.05) is 0 Å². The number of piperazine rings is 1. The second kappa shape index (κ2) is 8.87. The number of carbonyl (C=O) groups is 2. The van der Waals surface area contributed by atoms with Crippen LogP contribution in [0.2, 0.25) is 0 Å². The van der Waals surface area contributed by atoms with Crippen molar-refractivity contribution >= 4 is 34.2 Å². The Morgan fingerprint density at radius 2 is 1.93 bits per heavy atom. The van der Waals surface area contributed by atoms with Gasteiger partial charge in [-0.25, -0.2) is 14.8 Å². The molecule has 1 saturated heterocycles. The number of amides is 1. The van der Waals surface area contributed by atoms with E-state index >= 15 is 0 Å². The Morgan fingerprint density at radius 1 is 1.17 bits per heavy atom. The highest BCUT2D eigenvalue weighted by molar-refractivity contribution is 7.17. The van der Waals surface area contributed by atoms with E-state index in [1.54, 1.807) is 25.4 Å². The first-order valence-electron chi connectivity index (χ1n) is 10.0. The minimum atomic E-state index is -0.335. The van der Waals surface area contributed by atoms with Crippen LogP contribution in [0, 0.1) is 0 Å². The van der Waals surface area contributed by atoms with Gasteiger partial charge >= 0.3 is 5.97 Å². The molecular formula is C20H25N5O3S. The van der Waals surface area contributed by atoms with Gasteiger partial charge in [0.1, 0.15) is 5.00 Å². The quantitative estimate of drug-likeness (QED) is 0.722. The van der Waals surface area contributed by atoms with Gasteiger partial charge in [0.15, 0.2) is 0 Å². The van der Waals surface area contributed by atoms with E-state index in [0.29, 0.717) is 23.7 Å². The highest BCUT2D eigenvalue weighted by atomic mass is 32.1. The fourth-order valence-corrected chi connectivity index (χ4v) is 5.13. The molecule has 154 valence electrons. The predicted molar refractivity (Wildman–Crippen MR) is 112 cm³/mol. The molecule has 2 aromatic rings. The van der Waals surface area contributed by atoms with E-state index in [-0.39, 0.29) is 11.9 Å². The molecule has 9 heteroatoms. The van der Waals surface area contributed by atoms with Gasteiger partial charge in [0.25, 0.3) is 0 Å². The number of fused-ring (bicyclic) bond motifs is 1. The second-order valence-corrected chi connectivity index (χ2v) is 8.25. The number of aromatic nitrogens is 2. The Labute approximate surface area is 173 Å². The Kier molecular flexibility index (Phi) is 6.05. The summed E-state index contributed by atoms with van der Waals surface area (Å²) in [5.74, 6) is 0.294. The number of rotatable bonds is 6. The molecule has 0 unspecified atom stereocenters. The third kappa shape index (κ3) is 4.40.